The molecule has 0 heterocycles. The summed E-state index contributed by atoms with van der Waals surface area (Å²) in [7, 11) is 0. The van der Waals surface area contributed by atoms with Crippen molar-refractivity contribution in [2.24, 2.45) is 0 Å². The van der Waals surface area contributed by atoms with Crippen LogP contribution >= 0.6 is 0 Å². The van der Waals surface area contributed by atoms with Gasteiger partial charge in [-0.25, -0.2) is 0 Å². The first-order chi connectivity index (χ1) is 5.66. The fraction of sp³-hybridized carbons (Fsp3) is 1.00. The Morgan fingerprint density at radius 1 is 0.333 bits per heavy atom. The highest BCUT2D eigenvalue weighted by atomic mass is 13.4. The zero-order chi connectivity index (χ0) is 10.8. The fourth-order valence-electron chi connectivity index (χ4n) is 0. The standard InChI is InChI=1S/4C3H8.3CH4/c4*1-3-2;;;/h4*3H2,1-2H3;3*1H4. The maximum absolute atomic E-state index is 2.12. The summed E-state index contributed by atoms with van der Waals surface area (Å²) in [6.07, 6.45) is 5.00. The third kappa shape index (κ3) is 0. The SMILES string of the molecule is C.C.C.CCC.CCC.CCC.CCC. The number of hydrogen-bond donors (Lipinski definition) is 0. The average molecular weight is 225 g/mol. The van der Waals surface area contributed by atoms with Crippen molar-refractivity contribution in [2.75, 3.05) is 0 Å². The molecule has 0 aromatic carbocycles. The molecule has 0 aliphatic rings. The van der Waals surface area contributed by atoms with Gasteiger partial charge in [0.25, 0.3) is 0 Å². The number of hydrogen-bond acceptors (Lipinski definition) is 0. The molecule has 0 aromatic rings. The molecule has 0 unspecified atom stereocenters. The molecule has 15 heavy (non-hydrogen) atoms. The smallest absolute Gasteiger partial charge is 0.0590 e. The molecule has 0 atom stereocenters. The zero-order valence-corrected chi connectivity index (χ0v) is 10.8. The lowest BCUT2D eigenvalue weighted by Crippen LogP contribution is -1.27. The minimum absolute atomic E-state index is 0. The van der Waals surface area contributed by atoms with Crippen molar-refractivity contribution >= 4 is 0 Å². The van der Waals surface area contributed by atoms with E-state index >= 15 is 0 Å². The van der Waals surface area contributed by atoms with E-state index in [2.05, 4.69) is 55.4 Å². The summed E-state index contributed by atoms with van der Waals surface area (Å²) in [4.78, 5) is 0. The van der Waals surface area contributed by atoms with Gasteiger partial charge < -0.3 is 0 Å². The van der Waals surface area contributed by atoms with E-state index in [0.717, 1.165) is 0 Å². The molecule has 0 rings (SSSR count). The predicted octanol–water partition coefficient (Wildman–Crippen LogP) is 7.57. The monoisotopic (exact) mass is 224 g/mol. The molecule has 0 aromatic heterocycles. The van der Waals surface area contributed by atoms with Crippen molar-refractivity contribution in [1.82, 2.24) is 0 Å². The second-order valence-corrected chi connectivity index (χ2v) is 2.83. The summed E-state index contributed by atoms with van der Waals surface area (Å²) in [6, 6.07) is 0. The molecular weight excluding hydrogens is 180 g/mol. The molecule has 0 radical (unpaired) electrons. The van der Waals surface area contributed by atoms with Gasteiger partial charge in [-0.15, -0.1) is 0 Å². The Kier molecular flexibility index (Phi) is 453. The fourth-order valence-corrected chi connectivity index (χ4v) is 0. The van der Waals surface area contributed by atoms with E-state index in [1.807, 2.05) is 0 Å². The van der Waals surface area contributed by atoms with Gasteiger partial charge in [0.2, 0.25) is 0 Å². The molecule has 104 valence electrons. The van der Waals surface area contributed by atoms with E-state index in [4.69, 9.17) is 0 Å². The van der Waals surface area contributed by atoms with Crippen LogP contribution in [-0.2, 0) is 0 Å². The summed E-state index contributed by atoms with van der Waals surface area (Å²) in [5.41, 5.74) is 0. The van der Waals surface area contributed by atoms with Crippen LogP contribution in [0.5, 0.6) is 0 Å². The van der Waals surface area contributed by atoms with Crippen LogP contribution in [0.3, 0.4) is 0 Å². The normalized spacial score (nSPS) is 4.80. The Balaban J connectivity index is -0.0000000107. The third-order valence-electron chi connectivity index (χ3n) is 0. The van der Waals surface area contributed by atoms with E-state index in [9.17, 15) is 0 Å². The van der Waals surface area contributed by atoms with Crippen LogP contribution in [0.15, 0.2) is 0 Å². The van der Waals surface area contributed by atoms with E-state index in [0.29, 0.717) is 0 Å². The Labute approximate surface area is 104 Å². The van der Waals surface area contributed by atoms with Crippen molar-refractivity contribution in [1.29, 1.82) is 0 Å². The first-order valence-corrected chi connectivity index (χ1v) is 5.66. The van der Waals surface area contributed by atoms with Crippen LogP contribution in [0.4, 0.5) is 0 Å². The molecular formula is C15H44. The largest absolute Gasteiger partial charge is 0.0776 e. The summed E-state index contributed by atoms with van der Waals surface area (Å²) < 4.78 is 0. The molecule has 0 heteroatoms. The lowest BCUT2D eigenvalue weighted by atomic mass is 10.6. The minimum atomic E-state index is 0. The van der Waals surface area contributed by atoms with Crippen LogP contribution in [-0.4, -0.2) is 0 Å². The van der Waals surface area contributed by atoms with Crippen molar-refractivity contribution < 1.29 is 0 Å². The predicted molar refractivity (Wildman–Crippen MR) is 84.1 cm³/mol. The van der Waals surface area contributed by atoms with Crippen LogP contribution in [0.25, 0.3) is 0 Å². The Hall–Kier alpha value is 0. The lowest BCUT2D eigenvalue weighted by Gasteiger charge is -1.48. The minimum Gasteiger partial charge on any atom is -0.0776 e. The van der Waals surface area contributed by atoms with Gasteiger partial charge in [-0.3, -0.25) is 0 Å². The Bertz CT molecular complexity index is 8.00. The molecule has 0 aliphatic carbocycles. The second-order valence-electron chi connectivity index (χ2n) is 2.83. The van der Waals surface area contributed by atoms with Crippen LogP contribution in [0.2, 0.25) is 0 Å². The van der Waals surface area contributed by atoms with Gasteiger partial charge in [-0.1, -0.05) is 103 Å². The summed E-state index contributed by atoms with van der Waals surface area (Å²) >= 11 is 0. The van der Waals surface area contributed by atoms with Gasteiger partial charge in [0.1, 0.15) is 0 Å². The summed E-state index contributed by atoms with van der Waals surface area (Å²) in [6.45, 7) is 17.0. The van der Waals surface area contributed by atoms with E-state index in [1.54, 1.807) is 0 Å². The van der Waals surface area contributed by atoms with Gasteiger partial charge >= 0.3 is 0 Å². The summed E-state index contributed by atoms with van der Waals surface area (Å²) in [5.74, 6) is 0. The van der Waals surface area contributed by atoms with Gasteiger partial charge in [0.15, 0.2) is 0 Å². The molecule has 0 spiro atoms. The van der Waals surface area contributed by atoms with E-state index in [1.165, 1.54) is 25.7 Å². The van der Waals surface area contributed by atoms with Crippen molar-refractivity contribution in [2.45, 2.75) is 103 Å². The first-order valence-electron chi connectivity index (χ1n) is 5.66. The van der Waals surface area contributed by atoms with Gasteiger partial charge in [0, 0.05) is 0 Å². The second kappa shape index (κ2) is 148. The zero-order valence-electron chi connectivity index (χ0n) is 10.8. The highest BCUT2D eigenvalue weighted by Crippen LogP contribution is 1.57. The molecule has 0 bridgehead atoms. The molecule has 0 nitrogen and oxygen atoms in total. The Morgan fingerprint density at radius 3 is 0.333 bits per heavy atom. The van der Waals surface area contributed by atoms with Gasteiger partial charge in [0.05, 0.1) is 0 Å². The van der Waals surface area contributed by atoms with E-state index < -0.39 is 0 Å². The van der Waals surface area contributed by atoms with Gasteiger partial charge in [-0.2, -0.15) is 0 Å². The molecule has 0 fully saturated rings. The maximum atomic E-state index is 2.12. The van der Waals surface area contributed by atoms with Crippen LogP contribution in [0.1, 0.15) is 103 Å². The van der Waals surface area contributed by atoms with Crippen molar-refractivity contribution in [3.63, 3.8) is 0 Å². The highest BCUT2D eigenvalue weighted by Gasteiger charge is 1.36. The number of rotatable bonds is 0. The molecule has 0 aliphatic heterocycles. The molecule has 0 saturated carbocycles. The quantitative estimate of drug-likeness (QED) is 0.398. The topological polar surface area (TPSA) is 0 Å². The molecule has 0 amide bonds. The molecule has 0 saturated heterocycles. The first kappa shape index (κ1) is 45.9. The van der Waals surface area contributed by atoms with Crippen molar-refractivity contribution in [3.8, 4) is 0 Å². The average Bonchev–Trinajstić information content (AvgIpc) is 1.92. The van der Waals surface area contributed by atoms with Crippen molar-refractivity contribution in [3.05, 3.63) is 0 Å². The summed E-state index contributed by atoms with van der Waals surface area (Å²) in [5, 5.41) is 0. The lowest BCUT2D eigenvalue weighted by molar-refractivity contribution is 1.09. The van der Waals surface area contributed by atoms with E-state index in [-0.39, 0.29) is 22.3 Å². The highest BCUT2D eigenvalue weighted by molar-refractivity contribution is 3.93. The van der Waals surface area contributed by atoms with Crippen LogP contribution in [0, 0.1) is 0 Å². The third-order valence-corrected chi connectivity index (χ3v) is 0. The maximum Gasteiger partial charge on any atom is -0.0590 e. The molecule has 0 N–H and O–H groups in total. The Morgan fingerprint density at radius 2 is 0.333 bits per heavy atom. The van der Waals surface area contributed by atoms with Gasteiger partial charge in [-0.05, 0) is 0 Å². The van der Waals surface area contributed by atoms with Crippen LogP contribution < -0.4 is 0 Å².